The molecular weight excluding hydrogens is 236 g/mol. The van der Waals surface area contributed by atoms with Crippen LogP contribution in [0.5, 0.6) is 0 Å². The zero-order chi connectivity index (χ0) is 12.3. The molecule has 0 aromatic carbocycles. The van der Waals surface area contributed by atoms with Crippen LogP contribution in [0.4, 0.5) is 5.95 Å². The zero-order valence-corrected chi connectivity index (χ0v) is 11.3. The summed E-state index contributed by atoms with van der Waals surface area (Å²) in [6, 6.07) is 0. The molecule has 5 nitrogen and oxygen atoms in total. The molecule has 0 spiro atoms. The van der Waals surface area contributed by atoms with Gasteiger partial charge in [-0.15, -0.1) is 5.10 Å². The molecule has 1 aliphatic rings. The second-order valence-electron chi connectivity index (χ2n) is 4.33. The van der Waals surface area contributed by atoms with Gasteiger partial charge in [0.1, 0.15) is 0 Å². The minimum Gasteiger partial charge on any atom is -0.375 e. The molecule has 1 aromatic rings. The van der Waals surface area contributed by atoms with Gasteiger partial charge in [-0.25, -0.2) is 5.10 Å². The number of H-pyrrole nitrogens is 1. The van der Waals surface area contributed by atoms with Crippen molar-refractivity contribution in [2.24, 2.45) is 0 Å². The van der Waals surface area contributed by atoms with Crippen molar-refractivity contribution in [1.29, 1.82) is 0 Å². The number of morpholine rings is 1. The first-order chi connectivity index (χ1) is 8.26. The van der Waals surface area contributed by atoms with Crippen molar-refractivity contribution in [3.63, 3.8) is 0 Å². The van der Waals surface area contributed by atoms with Gasteiger partial charge in [-0.05, 0) is 25.1 Å². The van der Waals surface area contributed by atoms with E-state index >= 15 is 0 Å². The molecule has 17 heavy (non-hydrogen) atoms. The lowest BCUT2D eigenvalue weighted by Gasteiger charge is -2.33. The minimum absolute atomic E-state index is 0.309. The maximum Gasteiger partial charge on any atom is 0.225 e. The number of ether oxygens (including phenoxy) is 1. The first kappa shape index (κ1) is 12.6. The highest BCUT2D eigenvalue weighted by molar-refractivity contribution is 7.71. The van der Waals surface area contributed by atoms with Crippen molar-refractivity contribution >= 4 is 18.2 Å². The van der Waals surface area contributed by atoms with Crippen molar-refractivity contribution < 1.29 is 4.74 Å². The molecule has 0 amide bonds. The van der Waals surface area contributed by atoms with Crippen molar-refractivity contribution in [1.82, 2.24) is 14.8 Å². The quantitative estimate of drug-likeness (QED) is 0.837. The number of hydrogen-bond acceptors (Lipinski definition) is 4. The molecule has 1 N–H and O–H groups in total. The van der Waals surface area contributed by atoms with Crippen LogP contribution in [-0.4, -0.2) is 40.6 Å². The summed E-state index contributed by atoms with van der Waals surface area (Å²) in [5.41, 5.74) is 0. The van der Waals surface area contributed by atoms with E-state index in [-0.39, 0.29) is 0 Å². The van der Waals surface area contributed by atoms with Crippen LogP contribution in [0, 0.1) is 4.77 Å². The summed E-state index contributed by atoms with van der Waals surface area (Å²) in [4.78, 5) is 2.26. The van der Waals surface area contributed by atoms with Crippen LogP contribution >= 0.6 is 12.2 Å². The standard InChI is InChI=1S/C11H20N4OS/c1-3-5-15-10(12-13-11(15)17)14-6-7-16-9(4-2)8-14/h9H,3-8H2,1-2H3,(H,13,17). The van der Waals surface area contributed by atoms with E-state index in [9.17, 15) is 0 Å². The summed E-state index contributed by atoms with van der Waals surface area (Å²) in [6.45, 7) is 7.77. The van der Waals surface area contributed by atoms with Gasteiger partial charge in [0, 0.05) is 19.6 Å². The van der Waals surface area contributed by atoms with E-state index in [1.807, 2.05) is 0 Å². The second-order valence-corrected chi connectivity index (χ2v) is 4.71. The van der Waals surface area contributed by atoms with Gasteiger partial charge in [0.15, 0.2) is 4.77 Å². The van der Waals surface area contributed by atoms with Crippen LogP contribution in [0.1, 0.15) is 26.7 Å². The van der Waals surface area contributed by atoms with Crippen LogP contribution in [-0.2, 0) is 11.3 Å². The zero-order valence-electron chi connectivity index (χ0n) is 10.5. The number of nitrogens with one attached hydrogen (secondary N) is 1. The highest BCUT2D eigenvalue weighted by Crippen LogP contribution is 2.17. The van der Waals surface area contributed by atoms with Crippen LogP contribution in [0.3, 0.4) is 0 Å². The summed E-state index contributed by atoms with van der Waals surface area (Å²) < 4.78 is 8.46. The fourth-order valence-electron chi connectivity index (χ4n) is 2.12. The molecule has 0 bridgehead atoms. The number of nitrogens with zero attached hydrogens (tertiary/aromatic N) is 3. The fraction of sp³-hybridized carbons (Fsp3) is 0.818. The average molecular weight is 256 g/mol. The predicted molar refractivity (Wildman–Crippen MR) is 69.9 cm³/mol. The Kier molecular flexibility index (Phi) is 4.17. The molecule has 96 valence electrons. The minimum atomic E-state index is 0.309. The predicted octanol–water partition coefficient (Wildman–Crippen LogP) is 1.97. The molecule has 1 aromatic heterocycles. The van der Waals surface area contributed by atoms with Crippen molar-refractivity contribution in [3.8, 4) is 0 Å². The van der Waals surface area contributed by atoms with E-state index in [1.54, 1.807) is 0 Å². The molecule has 6 heteroatoms. The van der Waals surface area contributed by atoms with Gasteiger partial charge in [0.2, 0.25) is 5.95 Å². The van der Waals surface area contributed by atoms with E-state index in [4.69, 9.17) is 17.0 Å². The van der Waals surface area contributed by atoms with Gasteiger partial charge in [-0.3, -0.25) is 4.57 Å². The Morgan fingerprint density at radius 1 is 1.53 bits per heavy atom. The number of anilines is 1. The number of rotatable bonds is 4. The lowest BCUT2D eigenvalue weighted by molar-refractivity contribution is 0.0376. The van der Waals surface area contributed by atoms with Gasteiger partial charge >= 0.3 is 0 Å². The first-order valence-corrected chi connectivity index (χ1v) is 6.68. The summed E-state index contributed by atoms with van der Waals surface area (Å²) in [6.07, 6.45) is 2.40. The normalized spacial score (nSPS) is 20.8. The first-order valence-electron chi connectivity index (χ1n) is 6.28. The molecule has 0 saturated carbocycles. The largest absolute Gasteiger partial charge is 0.375 e. The third-order valence-electron chi connectivity index (χ3n) is 3.06. The highest BCUT2D eigenvalue weighted by Gasteiger charge is 2.22. The Morgan fingerprint density at radius 2 is 2.35 bits per heavy atom. The SMILES string of the molecule is CCCn1c(N2CCOC(CC)C2)n[nH]c1=S. The van der Waals surface area contributed by atoms with E-state index in [0.29, 0.717) is 10.9 Å². The Morgan fingerprint density at radius 3 is 3.06 bits per heavy atom. The summed E-state index contributed by atoms with van der Waals surface area (Å²) in [5.74, 6) is 0.957. The van der Waals surface area contributed by atoms with Crippen molar-refractivity contribution in [3.05, 3.63) is 4.77 Å². The fourth-order valence-corrected chi connectivity index (χ4v) is 2.34. The van der Waals surface area contributed by atoms with Crippen LogP contribution in [0.15, 0.2) is 0 Å². The van der Waals surface area contributed by atoms with Gasteiger partial charge in [-0.1, -0.05) is 13.8 Å². The van der Waals surface area contributed by atoms with Crippen LogP contribution in [0.2, 0.25) is 0 Å². The second kappa shape index (κ2) is 5.64. The third kappa shape index (κ3) is 2.69. The monoisotopic (exact) mass is 256 g/mol. The average Bonchev–Trinajstić information content (AvgIpc) is 2.72. The molecule has 1 unspecified atom stereocenters. The van der Waals surface area contributed by atoms with Crippen LogP contribution in [0.25, 0.3) is 0 Å². The van der Waals surface area contributed by atoms with E-state index in [0.717, 1.165) is 45.0 Å². The highest BCUT2D eigenvalue weighted by atomic mass is 32.1. The van der Waals surface area contributed by atoms with E-state index in [1.165, 1.54) is 0 Å². The lowest BCUT2D eigenvalue weighted by Crippen LogP contribution is -2.43. The topological polar surface area (TPSA) is 46.1 Å². The van der Waals surface area contributed by atoms with Crippen LogP contribution < -0.4 is 4.90 Å². The summed E-state index contributed by atoms with van der Waals surface area (Å²) in [5, 5.41) is 7.23. The number of aromatic amines is 1. The third-order valence-corrected chi connectivity index (χ3v) is 3.37. The lowest BCUT2D eigenvalue weighted by atomic mass is 10.2. The maximum absolute atomic E-state index is 5.67. The molecule has 2 rings (SSSR count). The van der Waals surface area contributed by atoms with Crippen molar-refractivity contribution in [2.45, 2.75) is 39.3 Å². The maximum atomic E-state index is 5.67. The molecule has 0 radical (unpaired) electrons. The van der Waals surface area contributed by atoms with E-state index in [2.05, 4.69) is 33.5 Å². The van der Waals surface area contributed by atoms with E-state index < -0.39 is 0 Å². The molecule has 0 aliphatic carbocycles. The van der Waals surface area contributed by atoms with Gasteiger partial charge < -0.3 is 9.64 Å². The Hall–Kier alpha value is -0.880. The van der Waals surface area contributed by atoms with Gasteiger partial charge in [-0.2, -0.15) is 0 Å². The molecule has 1 fully saturated rings. The van der Waals surface area contributed by atoms with Gasteiger partial charge in [0.25, 0.3) is 0 Å². The summed E-state index contributed by atoms with van der Waals surface area (Å²) in [7, 11) is 0. The van der Waals surface area contributed by atoms with Gasteiger partial charge in [0.05, 0.1) is 12.7 Å². The van der Waals surface area contributed by atoms with Crippen molar-refractivity contribution in [2.75, 3.05) is 24.6 Å². The summed E-state index contributed by atoms with van der Waals surface area (Å²) >= 11 is 5.25. The number of aromatic nitrogens is 3. The molecule has 1 saturated heterocycles. The Balaban J connectivity index is 2.18. The molecule has 1 atom stereocenters. The Bertz CT molecular complexity index is 414. The molecule has 2 heterocycles. The molecule has 1 aliphatic heterocycles. The number of hydrogen-bond donors (Lipinski definition) is 1. The smallest absolute Gasteiger partial charge is 0.225 e. The molecular formula is C11H20N4OS. The Labute approximate surface area is 107 Å².